The molecule has 0 saturated carbocycles. The van der Waals surface area contributed by atoms with E-state index in [9.17, 15) is 5.11 Å². The molecular weight excluding hydrogens is 430 g/mol. The number of piperazine rings is 1. The zero-order valence-corrected chi connectivity index (χ0v) is 20.6. The van der Waals surface area contributed by atoms with E-state index in [0.29, 0.717) is 17.6 Å². The zero-order valence-electron chi connectivity index (χ0n) is 20.6. The summed E-state index contributed by atoms with van der Waals surface area (Å²) in [5, 5.41) is 13.6. The molecule has 0 aromatic heterocycles. The zero-order chi connectivity index (χ0) is 23.6. The van der Waals surface area contributed by atoms with Gasteiger partial charge in [0, 0.05) is 56.9 Å². The number of phenols is 1. The number of rotatable bonds is 4. The Bertz CT molecular complexity index is 1120. The number of aromatic hydroxyl groups is 1. The second-order valence-corrected chi connectivity index (χ2v) is 10.5. The molecule has 2 N–H and O–H groups in total. The average Bonchev–Trinajstić information content (AvgIpc) is 2.93. The van der Waals surface area contributed by atoms with E-state index in [1.54, 1.807) is 0 Å². The van der Waals surface area contributed by atoms with E-state index in [4.69, 9.17) is 0 Å². The molecule has 2 heterocycles. The molecule has 0 bridgehead atoms. The maximum absolute atomic E-state index is 10.1. The number of hydrogen-bond donors (Lipinski definition) is 2. The summed E-state index contributed by atoms with van der Waals surface area (Å²) in [6, 6.07) is 27.1. The van der Waals surface area contributed by atoms with Crippen molar-refractivity contribution in [2.24, 2.45) is 0 Å². The van der Waals surface area contributed by atoms with E-state index < -0.39 is 0 Å². The van der Waals surface area contributed by atoms with Crippen molar-refractivity contribution in [3.05, 3.63) is 95.1 Å². The van der Waals surface area contributed by atoms with Crippen LogP contribution < -0.4 is 10.2 Å². The third kappa shape index (κ3) is 4.70. The molecule has 2 fully saturated rings. The molecule has 3 aromatic rings. The Morgan fingerprint density at radius 1 is 0.743 bits per heavy atom. The second-order valence-electron chi connectivity index (χ2n) is 10.5. The van der Waals surface area contributed by atoms with Gasteiger partial charge in [0.2, 0.25) is 0 Å². The van der Waals surface area contributed by atoms with E-state index in [1.807, 2.05) is 12.1 Å². The summed E-state index contributed by atoms with van der Waals surface area (Å²) in [6.45, 7) is 6.95. The summed E-state index contributed by atoms with van der Waals surface area (Å²) >= 11 is 0. The molecule has 4 heteroatoms. The van der Waals surface area contributed by atoms with Crippen molar-refractivity contribution >= 4 is 5.69 Å². The highest BCUT2D eigenvalue weighted by Gasteiger charge is 2.32. The smallest absolute Gasteiger partial charge is 0.115 e. The summed E-state index contributed by atoms with van der Waals surface area (Å²) in [4.78, 5) is 5.27. The Labute approximate surface area is 209 Å². The van der Waals surface area contributed by atoms with Gasteiger partial charge in [0.1, 0.15) is 5.75 Å². The average molecular weight is 468 g/mol. The first-order valence-corrected chi connectivity index (χ1v) is 13.4. The summed E-state index contributed by atoms with van der Waals surface area (Å²) in [6.07, 6.45) is 4.64. The van der Waals surface area contributed by atoms with Crippen LogP contribution in [0, 0.1) is 0 Å². The summed E-state index contributed by atoms with van der Waals surface area (Å²) in [5.74, 6) is 1.14. The first kappa shape index (κ1) is 22.6. The second kappa shape index (κ2) is 10.0. The van der Waals surface area contributed by atoms with Gasteiger partial charge in [0.15, 0.2) is 0 Å². The number of nitrogens with zero attached hydrogens (tertiary/aromatic N) is 2. The molecule has 4 nitrogen and oxygen atoms in total. The number of nitrogens with one attached hydrogen (secondary N) is 1. The first-order valence-electron chi connectivity index (χ1n) is 13.4. The first-order chi connectivity index (χ1) is 17.3. The number of fused-ring (bicyclic) bond motifs is 1. The van der Waals surface area contributed by atoms with Gasteiger partial charge < -0.3 is 15.3 Å². The predicted molar refractivity (Wildman–Crippen MR) is 144 cm³/mol. The number of aryl methyl sites for hydroxylation is 1. The summed E-state index contributed by atoms with van der Waals surface area (Å²) < 4.78 is 0. The third-order valence-corrected chi connectivity index (χ3v) is 8.57. The fourth-order valence-corrected chi connectivity index (χ4v) is 6.71. The normalized spacial score (nSPS) is 23.7. The Balaban J connectivity index is 1.22. The Hall–Kier alpha value is -2.82. The van der Waals surface area contributed by atoms with E-state index in [1.165, 1.54) is 53.9 Å². The monoisotopic (exact) mass is 467 g/mol. The molecule has 0 spiro atoms. The lowest BCUT2D eigenvalue weighted by atomic mass is 9.69. The van der Waals surface area contributed by atoms with Crippen LogP contribution in [-0.2, 0) is 6.42 Å². The molecule has 3 aromatic carbocycles. The molecule has 0 radical (unpaired) electrons. The molecule has 0 unspecified atom stereocenters. The Kier molecular flexibility index (Phi) is 6.49. The van der Waals surface area contributed by atoms with E-state index in [2.05, 4.69) is 75.8 Å². The number of piperidine rings is 1. The summed E-state index contributed by atoms with van der Waals surface area (Å²) in [7, 11) is 0. The minimum Gasteiger partial charge on any atom is -0.508 e. The Morgan fingerprint density at radius 3 is 2.23 bits per heavy atom. The Morgan fingerprint density at radius 2 is 1.49 bits per heavy atom. The van der Waals surface area contributed by atoms with Crippen molar-refractivity contribution in [3.63, 3.8) is 0 Å². The lowest BCUT2D eigenvalue weighted by Gasteiger charge is -2.41. The van der Waals surface area contributed by atoms with E-state index >= 15 is 0 Å². The van der Waals surface area contributed by atoms with Crippen molar-refractivity contribution in [1.82, 2.24) is 10.2 Å². The number of hydrogen-bond acceptors (Lipinski definition) is 4. The van der Waals surface area contributed by atoms with E-state index in [0.717, 1.165) is 45.1 Å². The van der Waals surface area contributed by atoms with Crippen LogP contribution in [-0.4, -0.2) is 55.3 Å². The number of benzene rings is 3. The maximum Gasteiger partial charge on any atom is 0.115 e. The van der Waals surface area contributed by atoms with Gasteiger partial charge >= 0.3 is 0 Å². The minimum atomic E-state index is 0.314. The van der Waals surface area contributed by atoms with Crippen LogP contribution in [0.3, 0.4) is 0 Å². The van der Waals surface area contributed by atoms with Crippen molar-refractivity contribution in [2.75, 3.05) is 44.2 Å². The van der Waals surface area contributed by atoms with Crippen LogP contribution in [0.1, 0.15) is 53.4 Å². The standard InChI is InChI=1S/C31H37N3O/c35-28-11-13-30-25(22-28)8-12-29(23-4-2-1-3-5-23)31(30)24-6-9-26(10-7-24)33-18-14-27(15-19-33)34-20-16-32-17-21-34/h1-7,9-11,13,22,27,29,31-32,35H,8,12,14-21H2/t29-,31+/m1/s1. The minimum absolute atomic E-state index is 0.314. The summed E-state index contributed by atoms with van der Waals surface area (Å²) in [5.41, 5.74) is 6.81. The third-order valence-electron chi connectivity index (χ3n) is 8.57. The van der Waals surface area contributed by atoms with Gasteiger partial charge in [0.05, 0.1) is 0 Å². The van der Waals surface area contributed by atoms with Gasteiger partial charge in [-0.15, -0.1) is 0 Å². The fraction of sp³-hybridized carbons (Fsp3) is 0.419. The van der Waals surface area contributed by atoms with Crippen LogP contribution in [0.2, 0.25) is 0 Å². The quantitative estimate of drug-likeness (QED) is 0.558. The van der Waals surface area contributed by atoms with Gasteiger partial charge in [-0.3, -0.25) is 4.90 Å². The van der Waals surface area contributed by atoms with Crippen molar-refractivity contribution < 1.29 is 5.11 Å². The SMILES string of the molecule is Oc1ccc2c(c1)CC[C@H](c1ccccc1)[C@@H]2c1ccc(N2CCC(N3CCNCC3)CC2)cc1. The van der Waals surface area contributed by atoms with Crippen molar-refractivity contribution in [1.29, 1.82) is 0 Å². The highest BCUT2D eigenvalue weighted by molar-refractivity contribution is 5.52. The molecular formula is C31H37N3O. The lowest BCUT2D eigenvalue weighted by molar-refractivity contribution is 0.150. The highest BCUT2D eigenvalue weighted by atomic mass is 16.3. The van der Waals surface area contributed by atoms with Crippen LogP contribution >= 0.6 is 0 Å². The van der Waals surface area contributed by atoms with E-state index in [-0.39, 0.29) is 0 Å². The van der Waals surface area contributed by atoms with Crippen molar-refractivity contribution in [2.45, 2.75) is 43.6 Å². The van der Waals surface area contributed by atoms with Gasteiger partial charge in [-0.2, -0.15) is 0 Å². The molecule has 6 rings (SSSR count). The van der Waals surface area contributed by atoms with Gasteiger partial charge in [-0.05, 0) is 78.1 Å². The predicted octanol–water partition coefficient (Wildman–Crippen LogP) is 5.13. The molecule has 2 saturated heterocycles. The molecule has 182 valence electrons. The van der Waals surface area contributed by atoms with Gasteiger partial charge in [0.25, 0.3) is 0 Å². The molecule has 35 heavy (non-hydrogen) atoms. The van der Waals surface area contributed by atoms with Crippen LogP contribution in [0.5, 0.6) is 5.75 Å². The van der Waals surface area contributed by atoms with Crippen LogP contribution in [0.25, 0.3) is 0 Å². The van der Waals surface area contributed by atoms with Crippen molar-refractivity contribution in [3.8, 4) is 5.75 Å². The van der Waals surface area contributed by atoms with Gasteiger partial charge in [-0.25, -0.2) is 0 Å². The molecule has 2 aliphatic heterocycles. The molecule has 3 aliphatic rings. The lowest BCUT2D eigenvalue weighted by Crippen LogP contribution is -2.52. The molecule has 0 amide bonds. The molecule has 2 atom stereocenters. The number of anilines is 1. The largest absolute Gasteiger partial charge is 0.508 e. The topological polar surface area (TPSA) is 38.7 Å². The number of phenolic OH excluding ortho intramolecular Hbond substituents is 1. The van der Waals surface area contributed by atoms with Crippen LogP contribution in [0.4, 0.5) is 5.69 Å². The molecule has 1 aliphatic carbocycles. The van der Waals surface area contributed by atoms with Gasteiger partial charge in [-0.1, -0.05) is 48.5 Å². The maximum atomic E-state index is 10.1. The highest BCUT2D eigenvalue weighted by Crippen LogP contribution is 2.47. The fourth-order valence-electron chi connectivity index (χ4n) is 6.71. The van der Waals surface area contributed by atoms with Crippen LogP contribution in [0.15, 0.2) is 72.8 Å².